The number of anilines is 1. The molecule has 5 heteroatoms. The smallest absolute Gasteiger partial charge is 0.275 e. The summed E-state index contributed by atoms with van der Waals surface area (Å²) in [6.45, 7) is 0. The predicted molar refractivity (Wildman–Crippen MR) is 80.4 cm³/mol. The first-order valence-electron chi connectivity index (χ1n) is 5.59. The number of hydrogen-bond donors (Lipinski definition) is 1. The predicted octanol–water partition coefficient (Wildman–Crippen LogP) is 4.18. The number of aliphatic imine (C=N–C) groups is 1. The van der Waals surface area contributed by atoms with Crippen molar-refractivity contribution in [3.05, 3.63) is 57.5 Å². The minimum Gasteiger partial charge on any atom is -0.320 e. The fourth-order valence-electron chi connectivity index (χ4n) is 1.90. The summed E-state index contributed by atoms with van der Waals surface area (Å²) >= 11 is 9.34. The highest BCUT2D eigenvalue weighted by molar-refractivity contribution is 9.10. The molecular formula is C14H8BrClN2O. The summed E-state index contributed by atoms with van der Waals surface area (Å²) in [4.78, 5) is 16.3. The van der Waals surface area contributed by atoms with E-state index in [-0.39, 0.29) is 5.91 Å². The Morgan fingerprint density at radius 1 is 1.16 bits per heavy atom. The number of carbonyl (C=O) groups is 1. The molecule has 0 radical (unpaired) electrons. The Bertz CT molecular complexity index is 712. The lowest BCUT2D eigenvalue weighted by atomic mass is 10.1. The third-order valence-corrected chi connectivity index (χ3v) is 4.02. The first-order valence-corrected chi connectivity index (χ1v) is 6.77. The van der Waals surface area contributed by atoms with Crippen LogP contribution in [0.15, 0.2) is 51.9 Å². The molecule has 1 N–H and O–H groups in total. The van der Waals surface area contributed by atoms with Crippen molar-refractivity contribution in [2.24, 2.45) is 4.99 Å². The minimum absolute atomic E-state index is 0.194. The number of hydrogen-bond acceptors (Lipinski definition) is 2. The number of nitrogens with zero attached hydrogens (tertiary/aromatic N) is 1. The van der Waals surface area contributed by atoms with E-state index in [1.807, 2.05) is 24.3 Å². The zero-order valence-electron chi connectivity index (χ0n) is 9.65. The highest BCUT2D eigenvalue weighted by Gasteiger charge is 2.25. The molecule has 3 rings (SSSR count). The molecule has 19 heavy (non-hydrogen) atoms. The van der Waals surface area contributed by atoms with Gasteiger partial charge in [0, 0.05) is 10.0 Å². The highest BCUT2D eigenvalue weighted by Crippen LogP contribution is 2.29. The normalized spacial score (nSPS) is 15.5. The second-order valence-electron chi connectivity index (χ2n) is 4.06. The maximum Gasteiger partial charge on any atom is 0.275 e. The lowest BCUT2D eigenvalue weighted by Crippen LogP contribution is -2.13. The van der Waals surface area contributed by atoms with Gasteiger partial charge in [0.05, 0.1) is 16.4 Å². The molecule has 0 fully saturated rings. The largest absolute Gasteiger partial charge is 0.320 e. The molecule has 1 aliphatic heterocycles. The number of benzene rings is 2. The zero-order chi connectivity index (χ0) is 13.4. The van der Waals surface area contributed by atoms with Crippen molar-refractivity contribution in [3.63, 3.8) is 0 Å². The Labute approximate surface area is 123 Å². The first-order chi connectivity index (χ1) is 9.15. The highest BCUT2D eigenvalue weighted by atomic mass is 79.9. The molecular weight excluding hydrogens is 328 g/mol. The van der Waals surface area contributed by atoms with Gasteiger partial charge in [0.1, 0.15) is 5.71 Å². The Kier molecular flexibility index (Phi) is 3.12. The molecule has 0 bridgehead atoms. The van der Waals surface area contributed by atoms with E-state index in [0.29, 0.717) is 16.4 Å². The Morgan fingerprint density at radius 2 is 1.95 bits per heavy atom. The van der Waals surface area contributed by atoms with Crippen molar-refractivity contribution >= 4 is 50.5 Å². The fraction of sp³-hybridized carbons (Fsp3) is 0. The van der Waals surface area contributed by atoms with Gasteiger partial charge in [-0.05, 0) is 40.2 Å². The van der Waals surface area contributed by atoms with Crippen LogP contribution in [0.4, 0.5) is 11.4 Å². The molecule has 0 unspecified atom stereocenters. The summed E-state index contributed by atoms with van der Waals surface area (Å²) in [6, 6.07) is 12.8. The van der Waals surface area contributed by atoms with E-state index >= 15 is 0 Å². The molecule has 0 aliphatic carbocycles. The Morgan fingerprint density at radius 3 is 2.74 bits per heavy atom. The van der Waals surface area contributed by atoms with E-state index in [1.165, 1.54) is 0 Å². The van der Waals surface area contributed by atoms with Gasteiger partial charge in [0.2, 0.25) is 0 Å². The van der Waals surface area contributed by atoms with Crippen molar-refractivity contribution in [2.75, 3.05) is 5.32 Å². The summed E-state index contributed by atoms with van der Waals surface area (Å²) < 4.78 is 0.800. The van der Waals surface area contributed by atoms with Crippen LogP contribution < -0.4 is 5.32 Å². The van der Waals surface area contributed by atoms with E-state index in [4.69, 9.17) is 11.6 Å². The molecule has 0 spiro atoms. The van der Waals surface area contributed by atoms with Crippen molar-refractivity contribution in [3.8, 4) is 0 Å². The van der Waals surface area contributed by atoms with Crippen LogP contribution in [0.1, 0.15) is 5.56 Å². The van der Waals surface area contributed by atoms with Gasteiger partial charge in [-0.3, -0.25) is 4.79 Å². The second-order valence-corrected chi connectivity index (χ2v) is 5.32. The molecule has 0 atom stereocenters. The van der Waals surface area contributed by atoms with Gasteiger partial charge in [0.15, 0.2) is 0 Å². The van der Waals surface area contributed by atoms with Crippen LogP contribution in [0.5, 0.6) is 0 Å². The number of fused-ring (bicyclic) bond motifs is 1. The number of nitrogens with one attached hydrogen (secondary N) is 1. The van der Waals surface area contributed by atoms with Crippen molar-refractivity contribution in [2.45, 2.75) is 0 Å². The summed E-state index contributed by atoms with van der Waals surface area (Å²) in [6.07, 6.45) is 0. The molecule has 1 aliphatic rings. The summed E-state index contributed by atoms with van der Waals surface area (Å²) in [5.74, 6) is -0.194. The van der Waals surface area contributed by atoms with Gasteiger partial charge < -0.3 is 5.32 Å². The van der Waals surface area contributed by atoms with Crippen LogP contribution >= 0.6 is 27.5 Å². The summed E-state index contributed by atoms with van der Waals surface area (Å²) in [7, 11) is 0. The van der Waals surface area contributed by atoms with Gasteiger partial charge in [-0.15, -0.1) is 0 Å². The SMILES string of the molecule is O=C1Nc2ccccc2C1=Nc1ccc(Br)c(Cl)c1. The lowest BCUT2D eigenvalue weighted by molar-refractivity contribution is -0.110. The van der Waals surface area contributed by atoms with E-state index in [1.54, 1.807) is 18.2 Å². The third-order valence-electron chi connectivity index (χ3n) is 2.79. The maximum atomic E-state index is 11.9. The van der Waals surface area contributed by atoms with Crippen LogP contribution in [0.3, 0.4) is 0 Å². The van der Waals surface area contributed by atoms with Crippen LogP contribution in [-0.4, -0.2) is 11.6 Å². The molecule has 3 nitrogen and oxygen atoms in total. The maximum absolute atomic E-state index is 11.9. The monoisotopic (exact) mass is 334 g/mol. The van der Waals surface area contributed by atoms with Gasteiger partial charge in [0.25, 0.3) is 5.91 Å². The van der Waals surface area contributed by atoms with Crippen molar-refractivity contribution < 1.29 is 4.79 Å². The summed E-state index contributed by atoms with van der Waals surface area (Å²) in [5.41, 5.74) is 2.66. The van der Waals surface area contributed by atoms with E-state index in [2.05, 4.69) is 26.2 Å². The minimum atomic E-state index is -0.194. The first kappa shape index (κ1) is 12.4. The van der Waals surface area contributed by atoms with Crippen molar-refractivity contribution in [1.29, 1.82) is 0 Å². The van der Waals surface area contributed by atoms with Gasteiger partial charge in [-0.25, -0.2) is 4.99 Å². The molecule has 94 valence electrons. The number of para-hydroxylation sites is 1. The topological polar surface area (TPSA) is 41.5 Å². The van der Waals surface area contributed by atoms with Gasteiger partial charge >= 0.3 is 0 Å². The van der Waals surface area contributed by atoms with E-state index < -0.39 is 0 Å². The van der Waals surface area contributed by atoms with Gasteiger partial charge in [-0.1, -0.05) is 29.8 Å². The van der Waals surface area contributed by atoms with E-state index in [9.17, 15) is 4.79 Å². The van der Waals surface area contributed by atoms with E-state index in [0.717, 1.165) is 15.7 Å². The third kappa shape index (κ3) is 2.29. The molecule has 0 aromatic heterocycles. The Balaban J connectivity index is 2.08. The average Bonchev–Trinajstić information content (AvgIpc) is 2.71. The van der Waals surface area contributed by atoms with Crippen LogP contribution in [0.25, 0.3) is 0 Å². The lowest BCUT2D eigenvalue weighted by Gasteiger charge is -2.00. The number of rotatable bonds is 1. The van der Waals surface area contributed by atoms with Gasteiger partial charge in [-0.2, -0.15) is 0 Å². The second kappa shape index (κ2) is 4.79. The number of carbonyl (C=O) groups excluding carboxylic acids is 1. The average molecular weight is 336 g/mol. The fourth-order valence-corrected chi connectivity index (χ4v) is 2.32. The van der Waals surface area contributed by atoms with Crippen molar-refractivity contribution in [1.82, 2.24) is 0 Å². The summed E-state index contributed by atoms with van der Waals surface area (Å²) in [5, 5.41) is 3.35. The Hall–Kier alpha value is -1.65. The quantitative estimate of drug-likeness (QED) is 0.834. The molecule has 0 saturated heterocycles. The van der Waals surface area contributed by atoms with Crippen LogP contribution in [0, 0.1) is 0 Å². The standard InChI is InChI=1S/C14H8BrClN2O/c15-10-6-5-8(7-11(10)16)17-13-9-3-1-2-4-12(9)18-14(13)19/h1-7H,(H,17,18,19). The molecule has 1 amide bonds. The zero-order valence-corrected chi connectivity index (χ0v) is 12.0. The number of amides is 1. The molecule has 0 saturated carbocycles. The molecule has 2 aromatic rings. The molecule has 2 aromatic carbocycles. The van der Waals surface area contributed by atoms with Crippen LogP contribution in [-0.2, 0) is 4.79 Å². The van der Waals surface area contributed by atoms with Crippen LogP contribution in [0.2, 0.25) is 5.02 Å². The number of halogens is 2. The molecule has 1 heterocycles.